The highest BCUT2D eigenvalue weighted by Gasteiger charge is 2.34. The molecule has 0 saturated heterocycles. The highest BCUT2D eigenvalue weighted by molar-refractivity contribution is 5.32. The lowest BCUT2D eigenvalue weighted by Gasteiger charge is -2.40. The fourth-order valence-corrected chi connectivity index (χ4v) is 4.11. The Kier molecular flexibility index (Phi) is 4.66. The second kappa shape index (κ2) is 6.50. The van der Waals surface area contributed by atoms with Crippen molar-refractivity contribution in [1.82, 2.24) is 5.32 Å². The highest BCUT2D eigenvalue weighted by atomic mass is 16.3. The van der Waals surface area contributed by atoms with E-state index in [1.807, 2.05) is 0 Å². The minimum atomic E-state index is -0.0150. The maximum Gasteiger partial charge on any atom is 0.0613 e. The Morgan fingerprint density at radius 1 is 1.19 bits per heavy atom. The number of aliphatic hydroxyl groups is 1. The molecule has 1 atom stereocenters. The summed E-state index contributed by atoms with van der Waals surface area (Å²) in [5.41, 5.74) is 3.05. The van der Waals surface area contributed by atoms with Crippen LogP contribution in [0.5, 0.6) is 0 Å². The molecule has 2 heteroatoms. The van der Waals surface area contributed by atoms with E-state index in [0.29, 0.717) is 5.92 Å². The first-order valence-corrected chi connectivity index (χ1v) is 8.66. The monoisotopic (exact) mass is 287 g/mol. The lowest BCUT2D eigenvalue weighted by atomic mass is 9.76. The van der Waals surface area contributed by atoms with Crippen LogP contribution < -0.4 is 5.32 Å². The van der Waals surface area contributed by atoms with Crippen molar-refractivity contribution < 1.29 is 5.11 Å². The zero-order chi connectivity index (χ0) is 14.7. The van der Waals surface area contributed by atoms with Gasteiger partial charge in [0, 0.05) is 12.1 Å². The SMILES string of the molecule is CC1CCC(CO)(NCC2CCCc3ccccc32)CC1. The van der Waals surface area contributed by atoms with Gasteiger partial charge in [0.15, 0.2) is 0 Å². The average Bonchev–Trinajstić information content (AvgIpc) is 2.55. The van der Waals surface area contributed by atoms with Crippen LogP contribution in [0.4, 0.5) is 0 Å². The molecule has 0 radical (unpaired) electrons. The summed E-state index contributed by atoms with van der Waals surface area (Å²) in [6, 6.07) is 8.91. The molecule has 2 aliphatic rings. The quantitative estimate of drug-likeness (QED) is 0.886. The highest BCUT2D eigenvalue weighted by Crippen LogP contribution is 2.34. The molecule has 1 unspecified atom stereocenters. The Morgan fingerprint density at radius 3 is 2.71 bits per heavy atom. The summed E-state index contributed by atoms with van der Waals surface area (Å²) in [6.07, 6.45) is 8.55. The number of aliphatic hydroxyl groups excluding tert-OH is 1. The van der Waals surface area contributed by atoms with Crippen molar-refractivity contribution in [2.75, 3.05) is 13.2 Å². The molecular formula is C19H29NO. The number of hydrogen-bond donors (Lipinski definition) is 2. The average molecular weight is 287 g/mol. The zero-order valence-electron chi connectivity index (χ0n) is 13.3. The third-order valence-electron chi connectivity index (χ3n) is 5.75. The Bertz CT molecular complexity index is 462. The first kappa shape index (κ1) is 15.1. The van der Waals surface area contributed by atoms with Crippen molar-refractivity contribution in [1.29, 1.82) is 0 Å². The molecule has 0 spiro atoms. The van der Waals surface area contributed by atoms with Crippen molar-refractivity contribution in [3.63, 3.8) is 0 Å². The second-order valence-electron chi connectivity index (χ2n) is 7.29. The van der Waals surface area contributed by atoms with Gasteiger partial charge in [0.1, 0.15) is 0 Å². The molecular weight excluding hydrogens is 258 g/mol. The zero-order valence-corrected chi connectivity index (χ0v) is 13.3. The van der Waals surface area contributed by atoms with Crippen molar-refractivity contribution in [3.8, 4) is 0 Å². The topological polar surface area (TPSA) is 32.3 Å². The van der Waals surface area contributed by atoms with Crippen LogP contribution in [0.3, 0.4) is 0 Å². The number of nitrogens with one attached hydrogen (secondary N) is 1. The summed E-state index contributed by atoms with van der Waals surface area (Å²) >= 11 is 0. The molecule has 1 aromatic carbocycles. The van der Waals surface area contributed by atoms with Crippen molar-refractivity contribution in [2.45, 2.75) is 63.3 Å². The Hall–Kier alpha value is -0.860. The maximum atomic E-state index is 9.89. The Labute approximate surface area is 129 Å². The van der Waals surface area contributed by atoms with Gasteiger partial charge in [-0.1, -0.05) is 31.2 Å². The van der Waals surface area contributed by atoms with E-state index in [0.717, 1.165) is 25.3 Å². The van der Waals surface area contributed by atoms with Crippen molar-refractivity contribution in [2.24, 2.45) is 5.92 Å². The van der Waals surface area contributed by atoms with Gasteiger partial charge in [0.25, 0.3) is 0 Å². The normalized spacial score (nSPS) is 32.7. The molecule has 1 fully saturated rings. The number of aryl methyl sites for hydroxylation is 1. The Balaban J connectivity index is 1.65. The molecule has 0 aromatic heterocycles. The van der Waals surface area contributed by atoms with Gasteiger partial charge in [-0.2, -0.15) is 0 Å². The van der Waals surface area contributed by atoms with E-state index in [1.165, 1.54) is 43.2 Å². The van der Waals surface area contributed by atoms with E-state index >= 15 is 0 Å². The summed E-state index contributed by atoms with van der Waals surface area (Å²) in [4.78, 5) is 0. The van der Waals surface area contributed by atoms with Gasteiger partial charge in [-0.15, -0.1) is 0 Å². The molecule has 116 valence electrons. The van der Waals surface area contributed by atoms with Gasteiger partial charge in [-0.3, -0.25) is 0 Å². The van der Waals surface area contributed by atoms with E-state index in [2.05, 4.69) is 36.5 Å². The minimum Gasteiger partial charge on any atom is -0.394 e. The van der Waals surface area contributed by atoms with Crippen LogP contribution in [0, 0.1) is 5.92 Å². The molecule has 1 aromatic rings. The first-order chi connectivity index (χ1) is 10.2. The van der Waals surface area contributed by atoms with E-state index in [9.17, 15) is 5.11 Å². The predicted octanol–water partition coefficient (Wildman–Crippen LogP) is 3.64. The van der Waals surface area contributed by atoms with Gasteiger partial charge in [-0.25, -0.2) is 0 Å². The summed E-state index contributed by atoms with van der Waals surface area (Å²) in [7, 11) is 0. The molecule has 0 heterocycles. The molecule has 0 amide bonds. The third kappa shape index (κ3) is 3.32. The number of fused-ring (bicyclic) bond motifs is 1. The summed E-state index contributed by atoms with van der Waals surface area (Å²) in [5.74, 6) is 1.44. The number of benzene rings is 1. The van der Waals surface area contributed by atoms with Gasteiger partial charge < -0.3 is 10.4 Å². The van der Waals surface area contributed by atoms with Gasteiger partial charge >= 0.3 is 0 Å². The van der Waals surface area contributed by atoms with E-state index in [4.69, 9.17) is 0 Å². The second-order valence-corrected chi connectivity index (χ2v) is 7.29. The molecule has 21 heavy (non-hydrogen) atoms. The summed E-state index contributed by atoms with van der Waals surface area (Å²) < 4.78 is 0. The third-order valence-corrected chi connectivity index (χ3v) is 5.75. The van der Waals surface area contributed by atoms with Crippen LogP contribution in [0.2, 0.25) is 0 Å². The lowest BCUT2D eigenvalue weighted by molar-refractivity contribution is 0.104. The van der Waals surface area contributed by atoms with Gasteiger partial charge in [0.2, 0.25) is 0 Å². The summed E-state index contributed by atoms with van der Waals surface area (Å²) in [5, 5.41) is 13.7. The molecule has 2 aliphatic carbocycles. The summed E-state index contributed by atoms with van der Waals surface area (Å²) in [6.45, 7) is 3.64. The Morgan fingerprint density at radius 2 is 1.95 bits per heavy atom. The predicted molar refractivity (Wildman–Crippen MR) is 87.6 cm³/mol. The molecule has 0 aliphatic heterocycles. The van der Waals surface area contributed by atoms with E-state index in [-0.39, 0.29) is 12.1 Å². The van der Waals surface area contributed by atoms with Crippen LogP contribution in [-0.4, -0.2) is 23.8 Å². The molecule has 3 rings (SSSR count). The van der Waals surface area contributed by atoms with Crippen molar-refractivity contribution >= 4 is 0 Å². The number of hydrogen-bond acceptors (Lipinski definition) is 2. The smallest absolute Gasteiger partial charge is 0.0613 e. The van der Waals surface area contributed by atoms with Crippen LogP contribution in [0.15, 0.2) is 24.3 Å². The fourth-order valence-electron chi connectivity index (χ4n) is 4.11. The first-order valence-electron chi connectivity index (χ1n) is 8.66. The standard InChI is InChI=1S/C19H29NO/c1-15-9-11-19(14-21,12-10-15)20-13-17-7-4-6-16-5-2-3-8-18(16)17/h2-3,5,8,15,17,20-21H,4,6-7,9-14H2,1H3. The molecule has 2 nitrogen and oxygen atoms in total. The van der Waals surface area contributed by atoms with E-state index in [1.54, 1.807) is 0 Å². The molecule has 0 bridgehead atoms. The fraction of sp³-hybridized carbons (Fsp3) is 0.684. The van der Waals surface area contributed by atoms with Crippen LogP contribution in [0.1, 0.15) is 62.5 Å². The van der Waals surface area contributed by atoms with Crippen LogP contribution >= 0.6 is 0 Å². The molecule has 2 N–H and O–H groups in total. The largest absolute Gasteiger partial charge is 0.394 e. The van der Waals surface area contributed by atoms with Crippen LogP contribution in [0.25, 0.3) is 0 Å². The lowest BCUT2D eigenvalue weighted by Crippen LogP contribution is -2.52. The number of rotatable bonds is 4. The minimum absolute atomic E-state index is 0.0150. The van der Waals surface area contributed by atoms with Gasteiger partial charge in [0.05, 0.1) is 6.61 Å². The van der Waals surface area contributed by atoms with Gasteiger partial charge in [-0.05, 0) is 67.9 Å². The van der Waals surface area contributed by atoms with Crippen LogP contribution in [-0.2, 0) is 6.42 Å². The van der Waals surface area contributed by atoms with Crippen molar-refractivity contribution in [3.05, 3.63) is 35.4 Å². The maximum absolute atomic E-state index is 9.89. The van der Waals surface area contributed by atoms with E-state index < -0.39 is 0 Å². The molecule has 1 saturated carbocycles.